The van der Waals surface area contributed by atoms with Gasteiger partial charge in [-0.05, 0) is 19.9 Å². The second-order valence-electron chi connectivity index (χ2n) is 3.10. The van der Waals surface area contributed by atoms with Crippen molar-refractivity contribution in [2.45, 2.75) is 13.8 Å². The standard InChI is InChI=1S/C11H14BNO/c1-3-13(4-2)11(14)9-6-5-7-10(12)8-9/h5-8H,3-4H2,1-2H3. The first kappa shape index (κ1) is 10.8. The van der Waals surface area contributed by atoms with E-state index >= 15 is 0 Å². The molecule has 1 rings (SSSR count). The van der Waals surface area contributed by atoms with Crippen molar-refractivity contribution in [1.29, 1.82) is 0 Å². The number of carbonyl (C=O) groups is 1. The van der Waals surface area contributed by atoms with Crippen molar-refractivity contribution in [1.82, 2.24) is 4.90 Å². The van der Waals surface area contributed by atoms with Gasteiger partial charge in [0.1, 0.15) is 7.85 Å². The molecule has 0 saturated heterocycles. The Morgan fingerprint density at radius 2 is 2.00 bits per heavy atom. The summed E-state index contributed by atoms with van der Waals surface area (Å²) in [5.74, 6) is 0.0438. The molecule has 0 spiro atoms. The second-order valence-corrected chi connectivity index (χ2v) is 3.10. The van der Waals surface area contributed by atoms with Gasteiger partial charge < -0.3 is 4.90 Å². The maximum absolute atomic E-state index is 11.8. The SMILES string of the molecule is [B]c1cccc(C(=O)N(CC)CC)c1. The summed E-state index contributed by atoms with van der Waals surface area (Å²) in [5.41, 5.74) is 1.29. The third-order valence-electron chi connectivity index (χ3n) is 2.18. The molecule has 0 bridgehead atoms. The first-order valence-corrected chi connectivity index (χ1v) is 4.83. The molecule has 0 saturated carbocycles. The molecule has 0 aliphatic carbocycles. The minimum absolute atomic E-state index is 0.0438. The Bertz CT molecular complexity index is 321. The average molecular weight is 187 g/mol. The van der Waals surface area contributed by atoms with Gasteiger partial charge in [0, 0.05) is 18.7 Å². The molecule has 1 aromatic rings. The van der Waals surface area contributed by atoms with Crippen molar-refractivity contribution in [2.24, 2.45) is 0 Å². The number of hydrogen-bond donors (Lipinski definition) is 0. The monoisotopic (exact) mass is 187 g/mol. The zero-order chi connectivity index (χ0) is 10.6. The zero-order valence-electron chi connectivity index (χ0n) is 8.66. The number of hydrogen-bond acceptors (Lipinski definition) is 1. The topological polar surface area (TPSA) is 20.3 Å². The molecule has 0 fully saturated rings. The van der Waals surface area contributed by atoms with Gasteiger partial charge in [-0.25, -0.2) is 0 Å². The molecule has 1 amide bonds. The predicted molar refractivity (Wildman–Crippen MR) is 59.1 cm³/mol. The van der Waals surface area contributed by atoms with Crippen molar-refractivity contribution in [3.05, 3.63) is 29.8 Å². The van der Waals surface area contributed by atoms with Crippen molar-refractivity contribution in [3.63, 3.8) is 0 Å². The average Bonchev–Trinajstić information content (AvgIpc) is 2.19. The van der Waals surface area contributed by atoms with E-state index < -0.39 is 0 Å². The largest absolute Gasteiger partial charge is 0.339 e. The smallest absolute Gasteiger partial charge is 0.253 e. The van der Waals surface area contributed by atoms with E-state index in [9.17, 15) is 4.79 Å². The summed E-state index contributed by atoms with van der Waals surface area (Å²) in [6.07, 6.45) is 0. The van der Waals surface area contributed by atoms with Gasteiger partial charge in [-0.1, -0.05) is 23.7 Å². The molecule has 2 radical (unpaired) electrons. The highest BCUT2D eigenvalue weighted by atomic mass is 16.2. The van der Waals surface area contributed by atoms with Crippen LogP contribution in [0.25, 0.3) is 0 Å². The van der Waals surface area contributed by atoms with Crippen LogP contribution in [0.1, 0.15) is 24.2 Å². The Balaban J connectivity index is 2.88. The summed E-state index contributed by atoms with van der Waals surface area (Å²) in [4.78, 5) is 13.6. The fourth-order valence-electron chi connectivity index (χ4n) is 1.37. The normalized spacial score (nSPS) is 9.86. The van der Waals surface area contributed by atoms with E-state index in [1.807, 2.05) is 13.8 Å². The molecule has 0 aromatic heterocycles. The van der Waals surface area contributed by atoms with E-state index in [2.05, 4.69) is 0 Å². The summed E-state index contributed by atoms with van der Waals surface area (Å²) >= 11 is 0. The van der Waals surface area contributed by atoms with Crippen LogP contribution in [0.5, 0.6) is 0 Å². The minimum atomic E-state index is 0.0438. The van der Waals surface area contributed by atoms with Crippen LogP contribution in [-0.4, -0.2) is 31.7 Å². The van der Waals surface area contributed by atoms with Crippen molar-refractivity contribution in [2.75, 3.05) is 13.1 Å². The lowest BCUT2D eigenvalue weighted by molar-refractivity contribution is 0.0773. The quantitative estimate of drug-likeness (QED) is 0.645. The van der Waals surface area contributed by atoms with Gasteiger partial charge in [-0.15, -0.1) is 0 Å². The van der Waals surface area contributed by atoms with Crippen LogP contribution in [0.3, 0.4) is 0 Å². The first-order valence-electron chi connectivity index (χ1n) is 4.83. The predicted octanol–water partition coefficient (Wildman–Crippen LogP) is 0.962. The zero-order valence-corrected chi connectivity index (χ0v) is 8.66. The Kier molecular flexibility index (Phi) is 3.75. The van der Waals surface area contributed by atoms with Gasteiger partial charge in [0.2, 0.25) is 0 Å². The fourth-order valence-corrected chi connectivity index (χ4v) is 1.37. The number of amides is 1. The van der Waals surface area contributed by atoms with E-state index in [1.165, 1.54) is 0 Å². The van der Waals surface area contributed by atoms with Crippen LogP contribution in [-0.2, 0) is 0 Å². The van der Waals surface area contributed by atoms with Gasteiger partial charge in [0.15, 0.2) is 0 Å². The van der Waals surface area contributed by atoms with Gasteiger partial charge in [0.25, 0.3) is 5.91 Å². The van der Waals surface area contributed by atoms with Gasteiger partial charge >= 0.3 is 0 Å². The third kappa shape index (κ3) is 2.38. The third-order valence-corrected chi connectivity index (χ3v) is 2.18. The molecule has 0 aliphatic heterocycles. The first-order chi connectivity index (χ1) is 6.69. The minimum Gasteiger partial charge on any atom is -0.339 e. The molecule has 3 heteroatoms. The van der Waals surface area contributed by atoms with E-state index in [4.69, 9.17) is 7.85 Å². The number of nitrogens with zero attached hydrogens (tertiary/aromatic N) is 1. The molecule has 0 heterocycles. The molecule has 1 aromatic carbocycles. The van der Waals surface area contributed by atoms with Crippen LogP contribution < -0.4 is 5.46 Å². The Hall–Kier alpha value is -1.25. The van der Waals surface area contributed by atoms with Crippen LogP contribution >= 0.6 is 0 Å². The molecule has 0 aliphatic rings. The highest BCUT2D eigenvalue weighted by Crippen LogP contribution is 2.02. The second kappa shape index (κ2) is 4.84. The molecule has 14 heavy (non-hydrogen) atoms. The van der Waals surface area contributed by atoms with Crippen LogP contribution in [0.2, 0.25) is 0 Å². The van der Waals surface area contributed by atoms with E-state index in [-0.39, 0.29) is 5.91 Å². The molecular weight excluding hydrogens is 173 g/mol. The van der Waals surface area contributed by atoms with Crippen molar-refractivity contribution >= 4 is 19.2 Å². The van der Waals surface area contributed by atoms with Crippen LogP contribution in [0.15, 0.2) is 24.3 Å². The highest BCUT2D eigenvalue weighted by Gasteiger charge is 2.11. The summed E-state index contributed by atoms with van der Waals surface area (Å²) < 4.78 is 0. The van der Waals surface area contributed by atoms with Crippen molar-refractivity contribution in [3.8, 4) is 0 Å². The maximum atomic E-state index is 11.8. The van der Waals surface area contributed by atoms with Gasteiger partial charge in [-0.2, -0.15) is 0 Å². The summed E-state index contributed by atoms with van der Waals surface area (Å²) in [6, 6.07) is 7.07. The summed E-state index contributed by atoms with van der Waals surface area (Å²) in [5, 5.41) is 0. The molecule has 0 N–H and O–H groups in total. The lowest BCUT2D eigenvalue weighted by Crippen LogP contribution is -2.30. The lowest BCUT2D eigenvalue weighted by Gasteiger charge is -2.18. The molecule has 0 atom stereocenters. The lowest BCUT2D eigenvalue weighted by atomic mass is 9.94. The molecule has 0 unspecified atom stereocenters. The molecule has 72 valence electrons. The Morgan fingerprint density at radius 3 is 2.50 bits per heavy atom. The maximum Gasteiger partial charge on any atom is 0.253 e. The number of benzene rings is 1. The van der Waals surface area contributed by atoms with Crippen LogP contribution in [0.4, 0.5) is 0 Å². The fraction of sp³-hybridized carbons (Fsp3) is 0.364. The summed E-state index contributed by atoms with van der Waals surface area (Å²) in [6.45, 7) is 5.38. The van der Waals surface area contributed by atoms with E-state index in [1.54, 1.807) is 29.2 Å². The number of rotatable bonds is 3. The molecular formula is C11H14BNO. The van der Waals surface area contributed by atoms with Gasteiger partial charge in [-0.3, -0.25) is 4.79 Å². The summed E-state index contributed by atoms with van der Waals surface area (Å²) in [7, 11) is 5.61. The van der Waals surface area contributed by atoms with E-state index in [0.717, 1.165) is 13.1 Å². The van der Waals surface area contributed by atoms with Crippen molar-refractivity contribution < 1.29 is 4.79 Å². The molecule has 2 nitrogen and oxygen atoms in total. The van der Waals surface area contributed by atoms with Crippen LogP contribution in [0, 0.1) is 0 Å². The van der Waals surface area contributed by atoms with E-state index in [0.29, 0.717) is 11.0 Å². The highest BCUT2D eigenvalue weighted by molar-refractivity contribution is 6.32. The Morgan fingerprint density at radius 1 is 1.36 bits per heavy atom. The Labute approximate surface area is 86.3 Å². The number of carbonyl (C=O) groups excluding carboxylic acids is 1. The van der Waals surface area contributed by atoms with Gasteiger partial charge in [0.05, 0.1) is 0 Å².